The molecule has 260 valence electrons. The fourth-order valence-corrected chi connectivity index (χ4v) is 5.19. The Hall–Kier alpha value is -3.95. The molecule has 6 atom stereocenters. The summed E-state index contributed by atoms with van der Waals surface area (Å²) in [6, 6.07) is 11.6. The molecule has 0 bridgehead atoms. The summed E-state index contributed by atoms with van der Waals surface area (Å²) in [6.07, 6.45) is -3.74. The van der Waals surface area contributed by atoms with Crippen LogP contribution < -0.4 is 14.2 Å². The Morgan fingerprint density at radius 3 is 2.25 bits per heavy atom. The van der Waals surface area contributed by atoms with Crippen molar-refractivity contribution in [1.82, 2.24) is 9.97 Å². The normalized spacial score (nSPS) is 23.5. The number of carbonyl (C=O) groups excluding carboxylic acids is 1. The predicted octanol–water partition coefficient (Wildman–Crippen LogP) is 3.36. The first-order valence-corrected chi connectivity index (χ1v) is 15.7. The molecule has 2 fully saturated rings. The molecule has 0 radical (unpaired) electrons. The minimum absolute atomic E-state index is 0.00346. The number of aliphatic hydroxyl groups is 4. The lowest BCUT2D eigenvalue weighted by Crippen LogP contribution is -2.61. The lowest BCUT2D eigenvalue weighted by molar-refractivity contribution is -0.273. The fourth-order valence-electron chi connectivity index (χ4n) is 5.19. The van der Waals surface area contributed by atoms with Gasteiger partial charge in [-0.3, -0.25) is 4.98 Å². The van der Waals surface area contributed by atoms with E-state index in [1.807, 2.05) is 6.07 Å². The lowest BCUT2D eigenvalue weighted by atomic mass is 9.86. The summed E-state index contributed by atoms with van der Waals surface area (Å²) in [5.74, 6) is -1.14. The number of carbonyl (C=O) groups is 1. The van der Waals surface area contributed by atoms with Crippen LogP contribution in [-0.4, -0.2) is 85.9 Å². The summed E-state index contributed by atoms with van der Waals surface area (Å²) in [5, 5.41) is 41.5. The second-order valence-electron chi connectivity index (χ2n) is 12.7. The quantitative estimate of drug-likeness (QED) is 0.195. The third-order valence-corrected chi connectivity index (χ3v) is 7.85. The van der Waals surface area contributed by atoms with Crippen molar-refractivity contribution in [3.63, 3.8) is 0 Å². The number of hydrogen-bond donors (Lipinski definition) is 4. The average molecular weight is 675 g/mol. The first-order chi connectivity index (χ1) is 22.7. The van der Waals surface area contributed by atoms with Gasteiger partial charge in [-0.05, 0) is 81.8 Å². The number of alkyl halides is 2. The average Bonchev–Trinajstić information content (AvgIpc) is 3.85. The highest BCUT2D eigenvalue weighted by Crippen LogP contribution is 2.39. The highest BCUT2D eigenvalue weighted by atomic mass is 19.3. The molecule has 0 spiro atoms. The maximum absolute atomic E-state index is 13.1. The molecule has 1 aliphatic carbocycles. The molecule has 1 saturated carbocycles. The van der Waals surface area contributed by atoms with Crippen LogP contribution in [0.4, 0.5) is 8.78 Å². The Kier molecular flexibility index (Phi) is 10.8. The first-order valence-electron chi connectivity index (χ1n) is 15.7. The van der Waals surface area contributed by atoms with Crippen LogP contribution in [0.2, 0.25) is 0 Å². The molecule has 1 aliphatic heterocycles. The maximum atomic E-state index is 13.1. The Morgan fingerprint density at radius 2 is 1.67 bits per heavy atom. The Labute approximate surface area is 276 Å². The Balaban J connectivity index is 1.39. The van der Waals surface area contributed by atoms with E-state index in [0.717, 1.165) is 29.5 Å². The summed E-state index contributed by atoms with van der Waals surface area (Å²) in [7, 11) is 0. The number of nitrogens with zero attached hydrogens (tertiary/aromatic N) is 2. The van der Waals surface area contributed by atoms with Crippen LogP contribution in [0, 0.1) is 0 Å². The van der Waals surface area contributed by atoms with Crippen LogP contribution >= 0.6 is 0 Å². The number of aliphatic hydroxyl groups excluding tert-OH is 3. The molecule has 0 unspecified atom stereocenters. The van der Waals surface area contributed by atoms with Gasteiger partial charge in [0.05, 0.1) is 17.9 Å². The van der Waals surface area contributed by atoms with Crippen LogP contribution in [0.3, 0.4) is 0 Å². The number of rotatable bonds is 13. The number of hydrogen-bond acceptors (Lipinski definition) is 12. The minimum Gasteiger partial charge on any atom is -0.487 e. The molecule has 12 nitrogen and oxygen atoms in total. The molecule has 2 aromatic heterocycles. The highest BCUT2D eigenvalue weighted by molar-refractivity contribution is 5.76. The predicted molar refractivity (Wildman–Crippen MR) is 165 cm³/mol. The van der Waals surface area contributed by atoms with Crippen molar-refractivity contribution in [3.8, 4) is 17.4 Å². The van der Waals surface area contributed by atoms with E-state index in [1.165, 1.54) is 18.3 Å². The van der Waals surface area contributed by atoms with E-state index in [9.17, 15) is 34.0 Å². The largest absolute Gasteiger partial charge is 0.487 e. The van der Waals surface area contributed by atoms with E-state index in [1.54, 1.807) is 58.2 Å². The van der Waals surface area contributed by atoms with Crippen molar-refractivity contribution in [3.05, 3.63) is 77.2 Å². The van der Waals surface area contributed by atoms with Gasteiger partial charge in [0.15, 0.2) is 17.6 Å². The minimum atomic E-state index is -3.02. The second-order valence-corrected chi connectivity index (χ2v) is 12.7. The number of halogens is 2. The van der Waals surface area contributed by atoms with E-state index in [0.29, 0.717) is 12.1 Å². The molecule has 3 aromatic rings. The number of pyridine rings is 2. The van der Waals surface area contributed by atoms with Gasteiger partial charge in [-0.15, -0.1) is 0 Å². The smallest absolute Gasteiger partial charge is 0.387 e. The van der Waals surface area contributed by atoms with Crippen LogP contribution in [0.5, 0.6) is 17.4 Å². The van der Waals surface area contributed by atoms with Gasteiger partial charge in [-0.2, -0.15) is 8.78 Å². The van der Waals surface area contributed by atoms with E-state index < -0.39 is 55.0 Å². The van der Waals surface area contributed by atoms with Gasteiger partial charge < -0.3 is 44.1 Å². The summed E-state index contributed by atoms with van der Waals surface area (Å²) >= 11 is 0. The topological polar surface area (TPSA) is 170 Å². The summed E-state index contributed by atoms with van der Waals surface area (Å²) in [5.41, 5.74) is 1.54. The molecule has 48 heavy (non-hydrogen) atoms. The van der Waals surface area contributed by atoms with Crippen LogP contribution in [0.1, 0.15) is 68.8 Å². The van der Waals surface area contributed by atoms with E-state index >= 15 is 0 Å². The highest BCUT2D eigenvalue weighted by Gasteiger charge is 2.49. The van der Waals surface area contributed by atoms with Gasteiger partial charge in [0.2, 0.25) is 12.2 Å². The fraction of sp³-hybridized carbons (Fsp3) is 0.500. The SMILES string of the molecule is CC(C)OC(=O)[C@H]1O[C@@H](Oc2ccc(C[C@H](c3ccc(C(C)(C)O)nc3)c3ccc(OC(F)F)c(OC4CC4)c3)cn2)[C@H](O)[C@@H](O)[C@@H]1O. The van der Waals surface area contributed by atoms with Gasteiger partial charge in [0, 0.05) is 24.4 Å². The van der Waals surface area contributed by atoms with Crippen LogP contribution in [0.25, 0.3) is 0 Å². The van der Waals surface area contributed by atoms with Crippen molar-refractivity contribution < 1.29 is 57.7 Å². The van der Waals surface area contributed by atoms with Crippen molar-refractivity contribution in [1.29, 1.82) is 0 Å². The Bertz CT molecular complexity index is 1530. The third-order valence-electron chi connectivity index (χ3n) is 7.85. The van der Waals surface area contributed by atoms with Gasteiger partial charge in [-0.1, -0.05) is 18.2 Å². The standard InChI is InChI=1S/C34H40F2N2O10/c1-17(2)44-31(42)30-28(40)27(39)29(41)32(48-30)47-26-12-5-18(15-38-26)13-22(20-7-11-25(37-16-20)34(3,4)43)19-6-10-23(46-33(35)36)24(14-19)45-21-8-9-21/h5-7,10-12,14-17,21-22,27-30,32-33,39-41,43H,8-9,13H2,1-4H3/t22-,27-,28-,29+,30-,32+/m0/s1. The molecule has 2 aliphatic rings. The van der Waals surface area contributed by atoms with Crippen molar-refractivity contribution in [2.45, 2.75) is 108 Å². The second kappa shape index (κ2) is 14.7. The zero-order valence-corrected chi connectivity index (χ0v) is 26.9. The number of esters is 1. The third kappa shape index (κ3) is 8.74. The van der Waals surface area contributed by atoms with Crippen LogP contribution in [-0.2, 0) is 26.3 Å². The molecule has 5 rings (SSSR count). The number of ether oxygens (including phenoxy) is 5. The zero-order chi connectivity index (χ0) is 34.7. The van der Waals surface area contributed by atoms with Gasteiger partial charge in [-0.25, -0.2) is 9.78 Å². The zero-order valence-electron chi connectivity index (χ0n) is 26.9. The monoisotopic (exact) mass is 674 g/mol. The molecule has 3 heterocycles. The number of aromatic nitrogens is 2. The van der Waals surface area contributed by atoms with E-state index in [2.05, 4.69) is 9.97 Å². The van der Waals surface area contributed by atoms with Gasteiger partial charge >= 0.3 is 12.6 Å². The first kappa shape index (κ1) is 35.4. The molecule has 0 amide bonds. The molecular weight excluding hydrogens is 634 g/mol. The number of benzene rings is 1. The maximum Gasteiger partial charge on any atom is 0.387 e. The van der Waals surface area contributed by atoms with Crippen molar-refractivity contribution in [2.75, 3.05) is 0 Å². The lowest BCUT2D eigenvalue weighted by Gasteiger charge is -2.38. The van der Waals surface area contributed by atoms with E-state index in [-0.39, 0.29) is 29.4 Å². The van der Waals surface area contributed by atoms with Gasteiger partial charge in [0.25, 0.3) is 0 Å². The Morgan fingerprint density at radius 1 is 0.938 bits per heavy atom. The van der Waals surface area contributed by atoms with Crippen molar-refractivity contribution in [2.24, 2.45) is 0 Å². The van der Waals surface area contributed by atoms with Gasteiger partial charge in [0.1, 0.15) is 23.9 Å². The van der Waals surface area contributed by atoms with Crippen LogP contribution in [0.15, 0.2) is 54.9 Å². The summed E-state index contributed by atoms with van der Waals surface area (Å²) in [6.45, 7) is 3.46. The van der Waals surface area contributed by atoms with E-state index in [4.69, 9.17) is 23.7 Å². The molecule has 1 saturated heterocycles. The molecular formula is C34H40F2N2O10. The summed E-state index contributed by atoms with van der Waals surface area (Å²) < 4.78 is 53.2. The molecule has 14 heteroatoms. The van der Waals surface area contributed by atoms with Crippen molar-refractivity contribution >= 4 is 5.97 Å². The summed E-state index contributed by atoms with van der Waals surface area (Å²) in [4.78, 5) is 21.2. The molecule has 1 aromatic carbocycles. The molecule has 4 N–H and O–H groups in total.